The van der Waals surface area contributed by atoms with Gasteiger partial charge in [-0.25, -0.2) is 4.99 Å². The molecule has 0 fully saturated rings. The van der Waals surface area contributed by atoms with Gasteiger partial charge in [-0.15, -0.1) is 0 Å². The van der Waals surface area contributed by atoms with Gasteiger partial charge in [0.1, 0.15) is 23.6 Å². The fourth-order valence-corrected chi connectivity index (χ4v) is 3.67. The summed E-state index contributed by atoms with van der Waals surface area (Å²) in [5.74, 6) is 3.03. The summed E-state index contributed by atoms with van der Waals surface area (Å²) in [7, 11) is 0. The van der Waals surface area contributed by atoms with Gasteiger partial charge in [0.25, 0.3) is 5.89 Å². The minimum atomic E-state index is -0.617. The van der Waals surface area contributed by atoms with Gasteiger partial charge < -0.3 is 18.7 Å². The number of hydrogen-bond acceptors (Lipinski definition) is 9. The molecule has 0 saturated heterocycles. The molecule has 0 radical (unpaired) electrons. The number of ether oxygens (including phenoxy) is 3. The molecule has 0 N–H and O–H groups in total. The summed E-state index contributed by atoms with van der Waals surface area (Å²) < 4.78 is 23.2. The van der Waals surface area contributed by atoms with Gasteiger partial charge in [-0.1, -0.05) is 5.16 Å². The van der Waals surface area contributed by atoms with Gasteiger partial charge in [0.15, 0.2) is 5.60 Å². The van der Waals surface area contributed by atoms with E-state index >= 15 is 0 Å². The van der Waals surface area contributed by atoms with Crippen molar-refractivity contribution < 1.29 is 18.7 Å². The third-order valence-electron chi connectivity index (χ3n) is 5.54. The lowest BCUT2D eigenvalue weighted by Gasteiger charge is -2.30. The Morgan fingerprint density at radius 3 is 2.31 bits per heavy atom. The normalized spacial score (nSPS) is 16.7. The van der Waals surface area contributed by atoms with Crippen LogP contribution in [-0.4, -0.2) is 53.0 Å². The molecule has 1 unspecified atom stereocenters. The van der Waals surface area contributed by atoms with Crippen molar-refractivity contribution in [1.29, 1.82) is 0 Å². The second-order valence-corrected chi connectivity index (χ2v) is 8.10. The van der Waals surface area contributed by atoms with Crippen molar-refractivity contribution in [1.82, 2.24) is 15.1 Å². The molecular formula is C27H25N5O4. The number of benzene rings is 2. The van der Waals surface area contributed by atoms with Crippen LogP contribution in [-0.2, 0) is 4.74 Å². The van der Waals surface area contributed by atoms with Gasteiger partial charge >= 0.3 is 0 Å². The number of aromatic nitrogens is 3. The SMILES string of the molecule is CCOCCC1(Oc2ccc(Oc3ccc(-c4nc(-c5ccncc5)no4)cc3)cc2)C=NC=NC1. The first kappa shape index (κ1) is 23.4. The van der Waals surface area contributed by atoms with Crippen LogP contribution in [0, 0.1) is 0 Å². The van der Waals surface area contributed by atoms with Gasteiger partial charge in [-0.2, -0.15) is 4.98 Å². The van der Waals surface area contributed by atoms with Crippen LogP contribution < -0.4 is 9.47 Å². The first-order valence-corrected chi connectivity index (χ1v) is 11.6. The number of aliphatic imine (C=N–C) groups is 2. The second-order valence-electron chi connectivity index (χ2n) is 8.10. The fourth-order valence-electron chi connectivity index (χ4n) is 3.67. The summed E-state index contributed by atoms with van der Waals surface area (Å²) in [6.45, 7) is 3.70. The van der Waals surface area contributed by atoms with E-state index in [1.165, 1.54) is 0 Å². The Labute approximate surface area is 208 Å². The number of nitrogens with zero attached hydrogens (tertiary/aromatic N) is 5. The molecule has 0 aliphatic carbocycles. The van der Waals surface area contributed by atoms with E-state index in [0.717, 1.165) is 11.1 Å². The van der Waals surface area contributed by atoms with E-state index in [4.69, 9.17) is 18.7 Å². The summed E-state index contributed by atoms with van der Waals surface area (Å²) in [6.07, 6.45) is 7.39. The van der Waals surface area contributed by atoms with Crippen LogP contribution in [0.25, 0.3) is 22.8 Å². The molecule has 0 bridgehead atoms. The monoisotopic (exact) mass is 483 g/mol. The number of pyridine rings is 1. The van der Waals surface area contributed by atoms with E-state index in [2.05, 4.69) is 25.1 Å². The van der Waals surface area contributed by atoms with E-state index in [1.54, 1.807) is 24.9 Å². The Balaban J connectivity index is 1.22. The van der Waals surface area contributed by atoms with E-state index < -0.39 is 5.60 Å². The quantitative estimate of drug-likeness (QED) is 0.284. The predicted molar refractivity (Wildman–Crippen MR) is 136 cm³/mol. The second kappa shape index (κ2) is 10.9. The molecule has 1 atom stereocenters. The summed E-state index contributed by atoms with van der Waals surface area (Å²) in [4.78, 5) is 16.9. The van der Waals surface area contributed by atoms with Crippen LogP contribution in [0.5, 0.6) is 17.2 Å². The maximum Gasteiger partial charge on any atom is 0.258 e. The molecule has 0 spiro atoms. The van der Waals surface area contributed by atoms with Crippen molar-refractivity contribution in [3.8, 4) is 40.1 Å². The molecule has 3 heterocycles. The largest absolute Gasteiger partial charge is 0.480 e. The fraction of sp³-hybridized carbons (Fsp3) is 0.222. The van der Waals surface area contributed by atoms with Crippen molar-refractivity contribution in [2.75, 3.05) is 19.8 Å². The van der Waals surface area contributed by atoms with E-state index in [-0.39, 0.29) is 0 Å². The topological polar surface area (TPSA) is 104 Å². The Bertz CT molecular complexity index is 1320. The molecule has 2 aromatic heterocycles. The Morgan fingerprint density at radius 1 is 0.889 bits per heavy atom. The smallest absolute Gasteiger partial charge is 0.258 e. The van der Waals surface area contributed by atoms with Gasteiger partial charge in [0, 0.05) is 36.5 Å². The lowest BCUT2D eigenvalue weighted by Crippen LogP contribution is -2.43. The van der Waals surface area contributed by atoms with Crippen molar-refractivity contribution in [3.63, 3.8) is 0 Å². The molecule has 182 valence electrons. The minimum absolute atomic E-state index is 0.434. The first-order chi connectivity index (χ1) is 17.7. The molecule has 9 nitrogen and oxygen atoms in total. The van der Waals surface area contributed by atoms with Crippen LogP contribution in [0.3, 0.4) is 0 Å². The maximum absolute atomic E-state index is 6.27. The zero-order valence-corrected chi connectivity index (χ0v) is 19.8. The molecule has 1 aliphatic heterocycles. The number of rotatable bonds is 10. The van der Waals surface area contributed by atoms with Gasteiger partial charge in [-0.05, 0) is 67.6 Å². The average molecular weight is 484 g/mol. The van der Waals surface area contributed by atoms with Crippen molar-refractivity contribution in [2.45, 2.75) is 18.9 Å². The van der Waals surface area contributed by atoms with E-state index in [9.17, 15) is 0 Å². The summed E-state index contributed by atoms with van der Waals surface area (Å²) >= 11 is 0. The summed E-state index contributed by atoms with van der Waals surface area (Å²) in [5, 5.41) is 4.05. The van der Waals surface area contributed by atoms with Crippen LogP contribution in [0.4, 0.5) is 0 Å². The first-order valence-electron chi connectivity index (χ1n) is 11.6. The molecule has 1 aliphatic rings. The zero-order valence-electron chi connectivity index (χ0n) is 19.8. The minimum Gasteiger partial charge on any atom is -0.480 e. The zero-order chi connectivity index (χ0) is 24.6. The summed E-state index contributed by atoms with van der Waals surface area (Å²) in [5.41, 5.74) is 1.03. The number of hydrogen-bond donors (Lipinski definition) is 0. The van der Waals surface area contributed by atoms with Gasteiger partial charge in [-0.3, -0.25) is 9.98 Å². The predicted octanol–water partition coefficient (Wildman–Crippen LogP) is 5.25. The highest BCUT2D eigenvalue weighted by Crippen LogP contribution is 2.29. The Kier molecular flexibility index (Phi) is 7.09. The molecule has 0 amide bonds. The summed E-state index contributed by atoms with van der Waals surface area (Å²) in [6, 6.07) is 18.6. The van der Waals surface area contributed by atoms with Crippen LogP contribution >= 0.6 is 0 Å². The van der Waals surface area contributed by atoms with Gasteiger partial charge in [0.2, 0.25) is 5.82 Å². The highest BCUT2D eigenvalue weighted by atomic mass is 16.5. The third kappa shape index (κ3) is 5.64. The van der Waals surface area contributed by atoms with Gasteiger partial charge in [0.05, 0.1) is 19.4 Å². The Hall–Kier alpha value is -4.37. The molecule has 5 rings (SSSR count). The molecule has 36 heavy (non-hydrogen) atoms. The van der Waals surface area contributed by atoms with Crippen molar-refractivity contribution >= 4 is 12.6 Å². The van der Waals surface area contributed by atoms with Crippen LogP contribution in [0.15, 0.2) is 87.6 Å². The van der Waals surface area contributed by atoms with Crippen LogP contribution in [0.1, 0.15) is 13.3 Å². The van der Waals surface area contributed by atoms with Crippen LogP contribution in [0.2, 0.25) is 0 Å². The van der Waals surface area contributed by atoms with E-state index in [0.29, 0.717) is 55.1 Å². The molecule has 4 aromatic rings. The highest BCUT2D eigenvalue weighted by Gasteiger charge is 2.31. The standard InChI is InChI=1S/C27H25N5O4/c1-2-33-16-13-27(17-29-19-30-18-27)35-24-9-7-23(8-10-24)34-22-5-3-21(4-6-22)26-31-25(32-36-26)20-11-14-28-15-12-20/h3-12,14-15,17,19H,2,13,16,18H2,1H3. The van der Waals surface area contributed by atoms with Crippen molar-refractivity contribution in [2.24, 2.45) is 9.98 Å². The molecular weight excluding hydrogens is 458 g/mol. The van der Waals surface area contributed by atoms with E-state index in [1.807, 2.05) is 67.6 Å². The average Bonchev–Trinajstić information content (AvgIpc) is 3.42. The Morgan fingerprint density at radius 2 is 1.61 bits per heavy atom. The highest BCUT2D eigenvalue weighted by molar-refractivity contribution is 5.81. The van der Waals surface area contributed by atoms with Crippen molar-refractivity contribution in [3.05, 3.63) is 73.1 Å². The molecule has 2 aromatic carbocycles. The lowest BCUT2D eigenvalue weighted by atomic mass is 10.0. The molecule has 9 heteroatoms. The molecule has 0 saturated carbocycles. The maximum atomic E-state index is 6.27. The third-order valence-corrected chi connectivity index (χ3v) is 5.54. The lowest BCUT2D eigenvalue weighted by molar-refractivity contribution is 0.0771.